The number of aliphatic hydroxyl groups is 3. The lowest BCUT2D eigenvalue weighted by Gasteiger charge is -2.23. The fraction of sp³-hybridized carbons (Fsp3) is 0.643. The van der Waals surface area contributed by atoms with Gasteiger partial charge in [-0.05, 0) is 12.8 Å². The molecule has 2 aliphatic heterocycles. The molecule has 0 aromatic carbocycles. The zero-order valence-corrected chi connectivity index (χ0v) is 13.0. The van der Waals surface area contributed by atoms with E-state index in [9.17, 15) is 15.3 Å². The number of aromatic nitrogens is 4. The molecule has 0 saturated carbocycles. The Bertz CT molecular complexity index is 746. The Morgan fingerprint density at radius 1 is 1.21 bits per heavy atom. The lowest BCUT2D eigenvalue weighted by atomic mass is 10.1. The molecule has 0 spiro atoms. The maximum absolute atomic E-state index is 10.4. The van der Waals surface area contributed by atoms with Crippen molar-refractivity contribution in [3.63, 3.8) is 0 Å². The van der Waals surface area contributed by atoms with Crippen molar-refractivity contribution in [1.82, 2.24) is 19.5 Å². The van der Waals surface area contributed by atoms with Gasteiger partial charge in [-0.1, -0.05) is 0 Å². The molecule has 2 saturated heterocycles. The maximum atomic E-state index is 10.4. The number of nitrogens with zero attached hydrogens (tertiary/aromatic N) is 5. The average Bonchev–Trinajstić information content (AvgIpc) is 3.27. The highest BCUT2D eigenvalue weighted by molar-refractivity contribution is 5.84. The van der Waals surface area contributed by atoms with Gasteiger partial charge in [-0.2, -0.15) is 0 Å². The smallest absolute Gasteiger partial charge is 0.210 e. The standard InChI is InChI=1S/C14H20N6O4/c15-11-8-12(17-6-16-11)20(14(18-8)19-3-1-2-4-19)13-10(23)9(22)7(5-21)24-13/h6-7,9-10,13,21-23H,1-5H2,(H2,15,16,17)/t7-,9+,10+,13-/m0/s1. The first kappa shape index (κ1) is 15.5. The van der Waals surface area contributed by atoms with Gasteiger partial charge in [0.05, 0.1) is 6.61 Å². The van der Waals surface area contributed by atoms with Gasteiger partial charge in [-0.15, -0.1) is 0 Å². The number of rotatable bonds is 3. The fourth-order valence-electron chi connectivity index (χ4n) is 3.38. The van der Waals surface area contributed by atoms with Gasteiger partial charge in [0.1, 0.15) is 24.6 Å². The van der Waals surface area contributed by atoms with Gasteiger partial charge in [0, 0.05) is 13.1 Å². The van der Waals surface area contributed by atoms with E-state index in [0.29, 0.717) is 17.1 Å². The van der Waals surface area contributed by atoms with Gasteiger partial charge < -0.3 is 30.7 Å². The number of hydrogen-bond acceptors (Lipinski definition) is 9. The van der Waals surface area contributed by atoms with Crippen LogP contribution < -0.4 is 10.6 Å². The zero-order chi connectivity index (χ0) is 16.8. The Morgan fingerprint density at radius 2 is 1.96 bits per heavy atom. The maximum Gasteiger partial charge on any atom is 0.210 e. The molecular formula is C14H20N6O4. The second-order valence-electron chi connectivity index (χ2n) is 6.14. The van der Waals surface area contributed by atoms with Crippen LogP contribution in [0.5, 0.6) is 0 Å². The van der Waals surface area contributed by atoms with E-state index in [4.69, 9.17) is 10.5 Å². The number of fused-ring (bicyclic) bond motifs is 1. The van der Waals surface area contributed by atoms with Crippen molar-refractivity contribution < 1.29 is 20.1 Å². The summed E-state index contributed by atoms with van der Waals surface area (Å²) in [5.74, 6) is 0.815. The van der Waals surface area contributed by atoms with E-state index in [-0.39, 0.29) is 5.82 Å². The molecule has 4 rings (SSSR count). The third-order valence-electron chi connectivity index (χ3n) is 4.65. The van der Waals surface area contributed by atoms with Crippen LogP contribution in [-0.2, 0) is 4.74 Å². The van der Waals surface area contributed by atoms with Gasteiger partial charge in [-0.25, -0.2) is 15.0 Å². The van der Waals surface area contributed by atoms with Gasteiger partial charge in [0.2, 0.25) is 5.95 Å². The molecule has 0 bridgehead atoms. The molecule has 2 fully saturated rings. The van der Waals surface area contributed by atoms with E-state index < -0.39 is 31.1 Å². The summed E-state index contributed by atoms with van der Waals surface area (Å²) in [6, 6.07) is 0. The van der Waals surface area contributed by atoms with Crippen LogP contribution in [0, 0.1) is 0 Å². The second-order valence-corrected chi connectivity index (χ2v) is 6.14. The lowest BCUT2D eigenvalue weighted by molar-refractivity contribution is -0.0504. The normalized spacial score (nSPS) is 30.5. The van der Waals surface area contributed by atoms with Crippen LogP contribution in [0.25, 0.3) is 11.2 Å². The predicted octanol–water partition coefficient (Wildman–Crippen LogP) is -1.38. The zero-order valence-electron chi connectivity index (χ0n) is 13.0. The summed E-state index contributed by atoms with van der Waals surface area (Å²) in [5.41, 5.74) is 6.77. The minimum atomic E-state index is -1.21. The number of hydrogen-bond donors (Lipinski definition) is 4. The molecule has 10 nitrogen and oxygen atoms in total. The van der Waals surface area contributed by atoms with Crippen molar-refractivity contribution in [2.75, 3.05) is 30.3 Å². The van der Waals surface area contributed by atoms with Gasteiger partial charge >= 0.3 is 0 Å². The molecule has 4 heterocycles. The minimum absolute atomic E-state index is 0.242. The van der Waals surface area contributed by atoms with Crippen molar-refractivity contribution in [3.05, 3.63) is 6.33 Å². The third-order valence-corrected chi connectivity index (χ3v) is 4.65. The Balaban J connectivity index is 1.86. The molecule has 10 heteroatoms. The highest BCUT2D eigenvalue weighted by Gasteiger charge is 2.45. The quantitative estimate of drug-likeness (QED) is 0.533. The van der Waals surface area contributed by atoms with E-state index in [2.05, 4.69) is 19.9 Å². The van der Waals surface area contributed by atoms with Crippen molar-refractivity contribution >= 4 is 22.9 Å². The Kier molecular flexibility index (Phi) is 3.76. The van der Waals surface area contributed by atoms with Crippen molar-refractivity contribution in [1.29, 1.82) is 0 Å². The number of nitrogens with two attached hydrogens (primary N) is 1. The molecule has 0 unspecified atom stereocenters. The molecule has 4 atom stereocenters. The Labute approximate surface area is 137 Å². The van der Waals surface area contributed by atoms with Crippen LogP contribution in [0.3, 0.4) is 0 Å². The molecule has 2 aliphatic rings. The van der Waals surface area contributed by atoms with E-state index in [1.165, 1.54) is 6.33 Å². The summed E-state index contributed by atoms with van der Waals surface area (Å²) in [4.78, 5) is 14.8. The lowest BCUT2D eigenvalue weighted by Crippen LogP contribution is -2.34. The molecule has 24 heavy (non-hydrogen) atoms. The van der Waals surface area contributed by atoms with Crippen LogP contribution in [-0.4, -0.2) is 72.8 Å². The first-order valence-electron chi connectivity index (χ1n) is 7.97. The van der Waals surface area contributed by atoms with E-state index in [1.54, 1.807) is 4.57 Å². The van der Waals surface area contributed by atoms with Gasteiger partial charge in [-0.3, -0.25) is 4.57 Å². The fourth-order valence-corrected chi connectivity index (χ4v) is 3.38. The minimum Gasteiger partial charge on any atom is -0.394 e. The highest BCUT2D eigenvalue weighted by atomic mass is 16.6. The van der Waals surface area contributed by atoms with Crippen LogP contribution >= 0.6 is 0 Å². The number of aliphatic hydroxyl groups excluding tert-OH is 3. The summed E-state index contributed by atoms with van der Waals surface area (Å²) in [5, 5.41) is 29.8. The van der Waals surface area contributed by atoms with E-state index in [0.717, 1.165) is 25.9 Å². The molecule has 2 aromatic heterocycles. The molecule has 2 aromatic rings. The molecule has 0 aliphatic carbocycles. The van der Waals surface area contributed by atoms with Crippen LogP contribution in [0.2, 0.25) is 0 Å². The number of anilines is 2. The summed E-state index contributed by atoms with van der Waals surface area (Å²) >= 11 is 0. The summed E-state index contributed by atoms with van der Waals surface area (Å²) < 4.78 is 7.31. The second kappa shape index (κ2) is 5.81. The summed E-state index contributed by atoms with van der Waals surface area (Å²) in [6.07, 6.45) is -0.772. The first-order valence-corrected chi connectivity index (χ1v) is 7.97. The van der Waals surface area contributed by atoms with Crippen molar-refractivity contribution in [3.8, 4) is 0 Å². The Hall–Kier alpha value is -2.01. The van der Waals surface area contributed by atoms with Crippen molar-refractivity contribution in [2.24, 2.45) is 0 Å². The van der Waals surface area contributed by atoms with Crippen LogP contribution in [0.4, 0.5) is 11.8 Å². The highest BCUT2D eigenvalue weighted by Crippen LogP contribution is 2.36. The topological polar surface area (TPSA) is 143 Å². The summed E-state index contributed by atoms with van der Waals surface area (Å²) in [6.45, 7) is 1.26. The van der Waals surface area contributed by atoms with E-state index in [1.807, 2.05) is 0 Å². The number of nitrogen functional groups attached to an aromatic ring is 1. The molecule has 0 amide bonds. The first-order chi connectivity index (χ1) is 11.6. The van der Waals surface area contributed by atoms with Gasteiger partial charge in [0.25, 0.3) is 0 Å². The average molecular weight is 336 g/mol. The van der Waals surface area contributed by atoms with Crippen LogP contribution in [0.15, 0.2) is 6.33 Å². The number of ether oxygens (including phenoxy) is 1. The largest absolute Gasteiger partial charge is 0.394 e. The summed E-state index contributed by atoms with van der Waals surface area (Å²) in [7, 11) is 0. The van der Waals surface area contributed by atoms with Crippen LogP contribution in [0.1, 0.15) is 19.1 Å². The van der Waals surface area contributed by atoms with Crippen molar-refractivity contribution in [2.45, 2.75) is 37.4 Å². The monoisotopic (exact) mass is 336 g/mol. The SMILES string of the molecule is Nc1ncnc2c1nc(N1CCCC1)n2[C@H]1O[C@@H](CO)[C@@H](O)[C@H]1O. The third kappa shape index (κ3) is 2.22. The number of imidazole rings is 1. The van der Waals surface area contributed by atoms with E-state index >= 15 is 0 Å². The predicted molar refractivity (Wildman–Crippen MR) is 84.2 cm³/mol. The molecule has 5 N–H and O–H groups in total. The molecular weight excluding hydrogens is 316 g/mol. The molecule has 0 radical (unpaired) electrons. The Morgan fingerprint density at radius 3 is 2.62 bits per heavy atom. The van der Waals surface area contributed by atoms with Gasteiger partial charge in [0.15, 0.2) is 23.2 Å². The molecule has 130 valence electrons.